The zero-order valence-electron chi connectivity index (χ0n) is 17.6. The summed E-state index contributed by atoms with van der Waals surface area (Å²) >= 11 is 0. The molecule has 0 unspecified atom stereocenters. The molecule has 4 aromatic heterocycles. The Kier molecular flexibility index (Phi) is 5.10. The van der Waals surface area contributed by atoms with E-state index in [0.717, 1.165) is 40.3 Å². The van der Waals surface area contributed by atoms with Gasteiger partial charge in [0.15, 0.2) is 0 Å². The van der Waals surface area contributed by atoms with Gasteiger partial charge in [0.25, 0.3) is 0 Å². The van der Waals surface area contributed by atoms with E-state index in [-0.39, 0.29) is 5.41 Å². The van der Waals surface area contributed by atoms with Crippen LogP contribution in [0.1, 0.15) is 32.2 Å². The number of hydrogen-bond acceptors (Lipinski definition) is 5. The van der Waals surface area contributed by atoms with Crippen LogP contribution in [0.15, 0.2) is 49.1 Å². The van der Waals surface area contributed by atoms with Crippen molar-refractivity contribution in [1.29, 1.82) is 5.26 Å². The average Bonchev–Trinajstić information content (AvgIpc) is 3.32. The van der Waals surface area contributed by atoms with Gasteiger partial charge >= 0.3 is 0 Å². The van der Waals surface area contributed by atoms with Gasteiger partial charge in [-0.2, -0.15) is 10.4 Å². The van der Waals surface area contributed by atoms with E-state index in [1.54, 1.807) is 13.2 Å². The topological polar surface area (TPSA) is 81.0 Å². The van der Waals surface area contributed by atoms with Crippen LogP contribution in [0.2, 0.25) is 0 Å². The summed E-state index contributed by atoms with van der Waals surface area (Å²) in [7, 11) is 1.65. The van der Waals surface area contributed by atoms with Gasteiger partial charge in [-0.25, -0.2) is 9.97 Å². The van der Waals surface area contributed by atoms with Crippen molar-refractivity contribution in [2.24, 2.45) is 5.41 Å². The van der Waals surface area contributed by atoms with Gasteiger partial charge < -0.3 is 9.14 Å². The summed E-state index contributed by atoms with van der Waals surface area (Å²) in [5.41, 5.74) is 5.70. The monoisotopic (exact) mass is 400 g/mol. The van der Waals surface area contributed by atoms with Crippen LogP contribution in [0.3, 0.4) is 0 Å². The van der Waals surface area contributed by atoms with Gasteiger partial charge in [0.05, 0.1) is 24.2 Å². The first-order valence-electron chi connectivity index (χ1n) is 9.77. The molecular formula is C23H24N6O. The zero-order chi connectivity index (χ0) is 21.3. The number of fused-ring (bicyclic) bond motifs is 1. The molecule has 4 rings (SSSR count). The lowest BCUT2D eigenvalue weighted by molar-refractivity contribution is 0.182. The number of methoxy groups -OCH3 is 1. The van der Waals surface area contributed by atoms with Crippen molar-refractivity contribution in [3.8, 4) is 28.5 Å². The molecule has 4 aromatic rings. The minimum absolute atomic E-state index is 0.126. The lowest BCUT2D eigenvalue weighted by atomic mass is 9.97. The molecule has 0 saturated heterocycles. The standard InChI is InChI=1S/C23H24N6O/c1-23(2,3)15-29-12-17(11-25-29)20-6-5-18(10-24)27-22(20)16-7-8-28-13-19(14-30-4)26-21(28)9-16/h5-9,11-13H,14-15H2,1-4H3. The largest absolute Gasteiger partial charge is 0.378 e. The average molecular weight is 400 g/mol. The summed E-state index contributed by atoms with van der Waals surface area (Å²) in [6.45, 7) is 7.81. The van der Waals surface area contributed by atoms with Crippen LogP contribution in [0.4, 0.5) is 0 Å². The molecule has 152 valence electrons. The highest BCUT2D eigenvalue weighted by Gasteiger charge is 2.16. The number of aromatic nitrogens is 5. The number of pyridine rings is 2. The normalized spacial score (nSPS) is 11.7. The predicted molar refractivity (Wildman–Crippen MR) is 115 cm³/mol. The van der Waals surface area contributed by atoms with Crippen molar-refractivity contribution in [2.75, 3.05) is 7.11 Å². The fourth-order valence-corrected chi connectivity index (χ4v) is 3.45. The van der Waals surface area contributed by atoms with Gasteiger partial charge in [0.1, 0.15) is 17.4 Å². The molecule has 4 heterocycles. The van der Waals surface area contributed by atoms with Crippen molar-refractivity contribution >= 4 is 5.65 Å². The van der Waals surface area contributed by atoms with Gasteiger partial charge in [-0.3, -0.25) is 4.68 Å². The van der Waals surface area contributed by atoms with Gasteiger partial charge in [-0.05, 0) is 29.7 Å². The molecule has 7 nitrogen and oxygen atoms in total. The lowest BCUT2D eigenvalue weighted by Gasteiger charge is -2.17. The maximum Gasteiger partial charge on any atom is 0.141 e. The van der Waals surface area contributed by atoms with Crippen LogP contribution in [-0.2, 0) is 17.9 Å². The Morgan fingerprint density at radius 2 is 1.93 bits per heavy atom. The number of nitriles is 1. The Labute approximate surface area is 175 Å². The van der Waals surface area contributed by atoms with E-state index in [2.05, 4.69) is 41.9 Å². The first-order valence-corrected chi connectivity index (χ1v) is 9.77. The second-order valence-electron chi connectivity index (χ2n) is 8.54. The number of ether oxygens (including phenoxy) is 1. The number of hydrogen-bond donors (Lipinski definition) is 0. The van der Waals surface area contributed by atoms with Gasteiger partial charge in [0.2, 0.25) is 0 Å². The molecule has 0 radical (unpaired) electrons. The second-order valence-corrected chi connectivity index (χ2v) is 8.54. The Bertz CT molecular complexity index is 1240. The first kappa shape index (κ1) is 19.8. The molecule has 0 amide bonds. The zero-order valence-corrected chi connectivity index (χ0v) is 17.6. The van der Waals surface area contributed by atoms with E-state index in [1.165, 1.54) is 0 Å². The summed E-state index contributed by atoms with van der Waals surface area (Å²) in [5.74, 6) is 0. The molecule has 0 spiro atoms. The third-order valence-corrected chi connectivity index (χ3v) is 4.67. The van der Waals surface area contributed by atoms with E-state index in [9.17, 15) is 5.26 Å². The van der Waals surface area contributed by atoms with Gasteiger partial charge in [-0.1, -0.05) is 20.8 Å². The molecule has 0 saturated carbocycles. The summed E-state index contributed by atoms with van der Waals surface area (Å²) in [4.78, 5) is 9.22. The Morgan fingerprint density at radius 1 is 1.10 bits per heavy atom. The van der Waals surface area contributed by atoms with E-state index in [1.807, 2.05) is 52.1 Å². The molecule has 0 fully saturated rings. The fraction of sp³-hybridized carbons (Fsp3) is 0.304. The molecule has 30 heavy (non-hydrogen) atoms. The number of imidazole rings is 1. The molecule has 0 aromatic carbocycles. The Balaban J connectivity index is 1.80. The number of rotatable bonds is 5. The van der Waals surface area contributed by atoms with Crippen molar-refractivity contribution in [1.82, 2.24) is 24.1 Å². The molecular weight excluding hydrogens is 376 g/mol. The van der Waals surface area contributed by atoms with Crippen LogP contribution in [0.5, 0.6) is 0 Å². The van der Waals surface area contributed by atoms with E-state index in [4.69, 9.17) is 4.74 Å². The third kappa shape index (κ3) is 4.09. The lowest BCUT2D eigenvalue weighted by Crippen LogP contribution is -2.15. The maximum absolute atomic E-state index is 9.38. The van der Waals surface area contributed by atoms with Crippen molar-refractivity contribution < 1.29 is 4.74 Å². The number of nitrogens with zero attached hydrogens (tertiary/aromatic N) is 6. The predicted octanol–water partition coefficient (Wildman–Crippen LogP) is 4.32. The van der Waals surface area contributed by atoms with E-state index < -0.39 is 0 Å². The molecule has 7 heteroatoms. The first-order chi connectivity index (χ1) is 14.4. The molecule has 0 N–H and O–H groups in total. The fourth-order valence-electron chi connectivity index (χ4n) is 3.45. The quantitative estimate of drug-likeness (QED) is 0.498. The molecule has 0 aliphatic rings. The van der Waals surface area contributed by atoms with Crippen molar-refractivity contribution in [2.45, 2.75) is 33.9 Å². The highest BCUT2D eigenvalue weighted by molar-refractivity contribution is 5.81. The second kappa shape index (κ2) is 7.73. The smallest absolute Gasteiger partial charge is 0.141 e. The molecule has 0 atom stereocenters. The molecule has 0 aliphatic carbocycles. The van der Waals surface area contributed by atoms with Crippen molar-refractivity contribution in [3.63, 3.8) is 0 Å². The minimum Gasteiger partial charge on any atom is -0.378 e. The molecule has 0 bridgehead atoms. The van der Waals surface area contributed by atoms with Crippen molar-refractivity contribution in [3.05, 3.63) is 60.4 Å². The SMILES string of the molecule is COCc1cn2ccc(-c3nc(C#N)ccc3-c3cnn(CC(C)(C)C)c3)cc2n1. The Hall–Kier alpha value is -3.50. The van der Waals surface area contributed by atoms with Crippen LogP contribution in [0.25, 0.3) is 28.0 Å². The third-order valence-electron chi connectivity index (χ3n) is 4.67. The highest BCUT2D eigenvalue weighted by atomic mass is 16.5. The summed E-state index contributed by atoms with van der Waals surface area (Å²) in [5, 5.41) is 13.9. The van der Waals surface area contributed by atoms with Gasteiger partial charge in [0, 0.05) is 48.9 Å². The molecule has 0 aliphatic heterocycles. The van der Waals surface area contributed by atoms with Crippen LogP contribution >= 0.6 is 0 Å². The minimum atomic E-state index is 0.126. The van der Waals surface area contributed by atoms with Crippen LogP contribution in [0, 0.1) is 16.7 Å². The van der Waals surface area contributed by atoms with Gasteiger partial charge in [-0.15, -0.1) is 0 Å². The van der Waals surface area contributed by atoms with Crippen LogP contribution < -0.4 is 0 Å². The Morgan fingerprint density at radius 3 is 2.67 bits per heavy atom. The van der Waals surface area contributed by atoms with E-state index in [0.29, 0.717) is 12.3 Å². The van der Waals surface area contributed by atoms with Crippen LogP contribution in [-0.4, -0.2) is 31.3 Å². The highest BCUT2D eigenvalue weighted by Crippen LogP contribution is 2.31. The summed E-state index contributed by atoms with van der Waals surface area (Å²) < 4.78 is 9.08. The summed E-state index contributed by atoms with van der Waals surface area (Å²) in [6.07, 6.45) is 7.77. The van der Waals surface area contributed by atoms with E-state index >= 15 is 0 Å². The maximum atomic E-state index is 9.38. The summed E-state index contributed by atoms with van der Waals surface area (Å²) in [6, 6.07) is 9.78.